The highest BCUT2D eigenvalue weighted by Crippen LogP contribution is 2.27. The molecule has 0 saturated carbocycles. The average molecular weight is 376 g/mol. The summed E-state index contributed by atoms with van der Waals surface area (Å²) in [5.74, 6) is 0. The van der Waals surface area contributed by atoms with E-state index in [4.69, 9.17) is 17.3 Å². The van der Waals surface area contributed by atoms with Gasteiger partial charge in [-0.15, -0.1) is 0 Å². The van der Waals surface area contributed by atoms with Crippen LogP contribution in [0.2, 0.25) is 5.02 Å². The standard InChI is InChI=1S/C13H12BrClN2O2S/c1-8-12(15)6-11(7-13(8)16)20(18,19)17-10-4-2-3-9(14)5-10/h2-7,17H,16H2,1H3. The lowest BCUT2D eigenvalue weighted by Gasteiger charge is -2.11. The number of nitrogens with two attached hydrogens (primary N) is 1. The molecule has 0 bridgehead atoms. The number of nitrogen functional groups attached to an aromatic ring is 1. The Labute approximate surface area is 131 Å². The number of anilines is 2. The second kappa shape index (κ2) is 5.63. The average Bonchev–Trinajstić information content (AvgIpc) is 2.34. The van der Waals surface area contributed by atoms with Crippen molar-refractivity contribution in [2.75, 3.05) is 10.5 Å². The normalized spacial score (nSPS) is 11.3. The number of rotatable bonds is 3. The van der Waals surface area contributed by atoms with Gasteiger partial charge in [0.1, 0.15) is 0 Å². The zero-order valence-corrected chi connectivity index (χ0v) is 13.7. The fourth-order valence-corrected chi connectivity index (χ4v) is 3.40. The molecule has 0 unspecified atom stereocenters. The van der Waals surface area contributed by atoms with Gasteiger partial charge in [0.2, 0.25) is 0 Å². The molecule has 20 heavy (non-hydrogen) atoms. The van der Waals surface area contributed by atoms with Crippen LogP contribution in [0.15, 0.2) is 45.8 Å². The van der Waals surface area contributed by atoms with Gasteiger partial charge in [-0.25, -0.2) is 8.42 Å². The van der Waals surface area contributed by atoms with E-state index in [1.165, 1.54) is 12.1 Å². The smallest absolute Gasteiger partial charge is 0.262 e. The summed E-state index contributed by atoms with van der Waals surface area (Å²) in [4.78, 5) is 0.0329. The third-order valence-corrected chi connectivity index (χ3v) is 4.99. The van der Waals surface area contributed by atoms with Crippen molar-refractivity contribution < 1.29 is 8.42 Å². The summed E-state index contributed by atoms with van der Waals surface area (Å²) >= 11 is 9.26. The van der Waals surface area contributed by atoms with Crippen LogP contribution in [0, 0.1) is 6.92 Å². The molecule has 3 N–H and O–H groups in total. The summed E-state index contributed by atoms with van der Waals surface area (Å²) in [5.41, 5.74) is 7.21. The number of sulfonamides is 1. The van der Waals surface area contributed by atoms with Crippen LogP contribution in [-0.2, 0) is 10.0 Å². The van der Waals surface area contributed by atoms with Gasteiger partial charge in [0, 0.05) is 20.9 Å². The second-order valence-corrected chi connectivity index (χ2v) is 7.24. The van der Waals surface area contributed by atoms with Gasteiger partial charge in [-0.1, -0.05) is 33.6 Å². The van der Waals surface area contributed by atoms with Crippen LogP contribution in [0.1, 0.15) is 5.56 Å². The summed E-state index contributed by atoms with van der Waals surface area (Å²) < 4.78 is 27.8. The Morgan fingerprint density at radius 2 is 1.95 bits per heavy atom. The molecule has 0 atom stereocenters. The SMILES string of the molecule is Cc1c(N)cc(S(=O)(=O)Nc2cccc(Br)c2)cc1Cl. The maximum absolute atomic E-state index is 12.3. The number of hydrogen-bond donors (Lipinski definition) is 2. The van der Waals surface area contributed by atoms with Crippen LogP contribution in [0.4, 0.5) is 11.4 Å². The maximum Gasteiger partial charge on any atom is 0.262 e. The van der Waals surface area contributed by atoms with Crippen LogP contribution in [0.5, 0.6) is 0 Å². The molecule has 0 aliphatic rings. The first-order valence-electron chi connectivity index (χ1n) is 5.63. The predicted octanol–water partition coefficient (Wildman–Crippen LogP) is 3.79. The highest BCUT2D eigenvalue weighted by molar-refractivity contribution is 9.10. The molecule has 2 aromatic carbocycles. The van der Waals surface area contributed by atoms with E-state index in [2.05, 4.69) is 20.7 Å². The van der Waals surface area contributed by atoms with Crippen molar-refractivity contribution in [2.45, 2.75) is 11.8 Å². The van der Waals surface area contributed by atoms with E-state index in [1.54, 1.807) is 31.2 Å². The number of hydrogen-bond acceptors (Lipinski definition) is 3. The first kappa shape index (κ1) is 15.2. The highest BCUT2D eigenvalue weighted by Gasteiger charge is 2.17. The summed E-state index contributed by atoms with van der Waals surface area (Å²) in [6.45, 7) is 1.73. The molecule has 0 spiro atoms. The molecule has 0 amide bonds. The van der Waals surface area contributed by atoms with E-state index < -0.39 is 10.0 Å². The molecule has 0 aliphatic heterocycles. The molecule has 0 saturated heterocycles. The Morgan fingerprint density at radius 1 is 1.25 bits per heavy atom. The Bertz CT molecular complexity index is 740. The van der Waals surface area contributed by atoms with Crippen molar-refractivity contribution in [1.82, 2.24) is 0 Å². The number of halogens is 2. The summed E-state index contributed by atoms with van der Waals surface area (Å²) in [5, 5.41) is 0.319. The minimum atomic E-state index is -3.73. The van der Waals surface area contributed by atoms with Crippen LogP contribution < -0.4 is 10.5 Å². The Hall–Kier alpha value is -1.24. The highest BCUT2D eigenvalue weighted by atomic mass is 79.9. The minimum Gasteiger partial charge on any atom is -0.398 e. The molecular formula is C13H12BrClN2O2S. The maximum atomic E-state index is 12.3. The van der Waals surface area contributed by atoms with Crippen molar-refractivity contribution in [1.29, 1.82) is 0 Å². The molecule has 106 valence electrons. The van der Waals surface area contributed by atoms with Gasteiger partial charge in [-0.2, -0.15) is 0 Å². The van der Waals surface area contributed by atoms with E-state index in [9.17, 15) is 8.42 Å². The van der Waals surface area contributed by atoms with E-state index in [1.807, 2.05) is 0 Å². The van der Waals surface area contributed by atoms with Gasteiger partial charge in [-0.05, 0) is 42.8 Å². The van der Waals surface area contributed by atoms with Crippen molar-refractivity contribution in [3.05, 3.63) is 51.5 Å². The third kappa shape index (κ3) is 3.26. The van der Waals surface area contributed by atoms with Crippen LogP contribution in [0.25, 0.3) is 0 Å². The van der Waals surface area contributed by atoms with Gasteiger partial charge in [0.25, 0.3) is 10.0 Å². The lowest BCUT2D eigenvalue weighted by Crippen LogP contribution is -2.13. The molecule has 0 aliphatic carbocycles. The van der Waals surface area contributed by atoms with E-state index in [0.717, 1.165) is 4.47 Å². The summed E-state index contributed by atoms with van der Waals surface area (Å²) in [6.07, 6.45) is 0. The molecular weight excluding hydrogens is 364 g/mol. The fourth-order valence-electron chi connectivity index (χ4n) is 1.60. The molecule has 0 radical (unpaired) electrons. The largest absolute Gasteiger partial charge is 0.398 e. The topological polar surface area (TPSA) is 72.2 Å². The quantitative estimate of drug-likeness (QED) is 0.802. The third-order valence-electron chi connectivity index (χ3n) is 2.75. The van der Waals surface area contributed by atoms with Crippen molar-refractivity contribution >= 4 is 48.9 Å². The first-order chi connectivity index (χ1) is 9.29. The molecule has 2 rings (SSSR count). The van der Waals surface area contributed by atoms with Gasteiger partial charge in [-0.3, -0.25) is 4.72 Å². The second-order valence-electron chi connectivity index (χ2n) is 4.24. The zero-order chi connectivity index (χ0) is 14.9. The van der Waals surface area contributed by atoms with Crippen molar-refractivity contribution in [3.8, 4) is 0 Å². The fraction of sp³-hybridized carbons (Fsp3) is 0.0769. The first-order valence-corrected chi connectivity index (χ1v) is 8.29. The number of benzene rings is 2. The summed E-state index contributed by atoms with van der Waals surface area (Å²) in [7, 11) is -3.73. The summed E-state index contributed by atoms with van der Waals surface area (Å²) in [6, 6.07) is 9.63. The van der Waals surface area contributed by atoms with Crippen molar-refractivity contribution in [2.24, 2.45) is 0 Å². The lowest BCUT2D eigenvalue weighted by atomic mass is 10.2. The van der Waals surface area contributed by atoms with Gasteiger partial charge in [0.15, 0.2) is 0 Å². The Morgan fingerprint density at radius 3 is 2.55 bits per heavy atom. The van der Waals surface area contributed by atoms with Crippen molar-refractivity contribution in [3.63, 3.8) is 0 Å². The Balaban J connectivity index is 2.41. The van der Waals surface area contributed by atoms with Gasteiger partial charge >= 0.3 is 0 Å². The number of nitrogens with one attached hydrogen (secondary N) is 1. The van der Waals surface area contributed by atoms with E-state index >= 15 is 0 Å². The van der Waals surface area contributed by atoms with Gasteiger partial charge < -0.3 is 5.73 Å². The zero-order valence-electron chi connectivity index (χ0n) is 10.5. The molecule has 4 nitrogen and oxygen atoms in total. The predicted molar refractivity (Wildman–Crippen MR) is 85.6 cm³/mol. The molecule has 0 aromatic heterocycles. The van der Waals surface area contributed by atoms with Crippen LogP contribution in [0.3, 0.4) is 0 Å². The van der Waals surface area contributed by atoms with Crippen LogP contribution in [-0.4, -0.2) is 8.42 Å². The lowest BCUT2D eigenvalue weighted by molar-refractivity contribution is 0.601. The van der Waals surface area contributed by atoms with Gasteiger partial charge in [0.05, 0.1) is 4.90 Å². The molecule has 0 fully saturated rings. The van der Waals surface area contributed by atoms with E-state index in [0.29, 0.717) is 22.0 Å². The molecule has 2 aromatic rings. The van der Waals surface area contributed by atoms with Crippen LogP contribution >= 0.6 is 27.5 Å². The van der Waals surface area contributed by atoms with E-state index in [-0.39, 0.29) is 4.90 Å². The minimum absolute atomic E-state index is 0.0329. The molecule has 7 heteroatoms. The monoisotopic (exact) mass is 374 g/mol. The molecule has 0 heterocycles. The Kier molecular flexibility index (Phi) is 4.27.